The summed E-state index contributed by atoms with van der Waals surface area (Å²) in [4.78, 5) is 16.0. The van der Waals surface area contributed by atoms with Crippen LogP contribution in [0.15, 0.2) is 48.5 Å². The maximum atomic E-state index is 11.2. The normalized spacial score (nSPS) is 10.8. The monoisotopic (exact) mass is 431 g/mol. The fraction of sp³-hybridized carbons (Fsp3) is 0.208. The zero-order valence-electron chi connectivity index (χ0n) is 18.7. The van der Waals surface area contributed by atoms with Gasteiger partial charge in [-0.2, -0.15) is 9.61 Å². The van der Waals surface area contributed by atoms with Crippen LogP contribution in [0, 0.1) is 13.8 Å². The number of nitrogens with zero attached hydrogens (tertiary/aromatic N) is 3. The van der Waals surface area contributed by atoms with Gasteiger partial charge >= 0.3 is 0 Å². The number of carbonyl (C=O) groups excluding carboxylic acids is 1. The van der Waals surface area contributed by atoms with E-state index in [4.69, 9.17) is 19.6 Å². The van der Waals surface area contributed by atoms with Crippen LogP contribution in [-0.2, 0) is 4.79 Å². The van der Waals surface area contributed by atoms with Crippen LogP contribution in [-0.4, -0.2) is 34.7 Å². The molecule has 2 N–H and O–H groups in total. The largest absolute Gasteiger partial charge is 0.493 e. The molecule has 0 fully saturated rings. The SMILES string of the molecule is COc1ccc(-c2c(C)nn3c(Nc4ccc(NC(C)=O)cc4)cc(C)nc23)cc1OC. The van der Waals surface area contributed by atoms with Gasteiger partial charge in [0.05, 0.1) is 19.9 Å². The van der Waals surface area contributed by atoms with Crippen molar-refractivity contribution in [3.8, 4) is 22.6 Å². The van der Waals surface area contributed by atoms with Crippen molar-refractivity contribution in [2.24, 2.45) is 0 Å². The fourth-order valence-electron chi connectivity index (χ4n) is 3.65. The summed E-state index contributed by atoms with van der Waals surface area (Å²) in [5.74, 6) is 2.00. The lowest BCUT2D eigenvalue weighted by molar-refractivity contribution is -0.114. The third-order valence-corrected chi connectivity index (χ3v) is 5.04. The molecular formula is C24H25N5O3. The molecule has 0 atom stereocenters. The number of hydrogen-bond donors (Lipinski definition) is 2. The second-order valence-corrected chi connectivity index (χ2v) is 7.43. The van der Waals surface area contributed by atoms with Crippen molar-refractivity contribution in [1.29, 1.82) is 0 Å². The number of carbonyl (C=O) groups is 1. The average molecular weight is 431 g/mol. The molecule has 32 heavy (non-hydrogen) atoms. The summed E-state index contributed by atoms with van der Waals surface area (Å²) in [5.41, 5.74) is 5.93. The molecule has 164 valence electrons. The third-order valence-electron chi connectivity index (χ3n) is 5.04. The fourth-order valence-corrected chi connectivity index (χ4v) is 3.65. The first kappa shape index (κ1) is 21.2. The number of ether oxygens (including phenoxy) is 2. The minimum absolute atomic E-state index is 0.105. The Morgan fingerprint density at radius 1 is 0.938 bits per heavy atom. The van der Waals surface area contributed by atoms with Gasteiger partial charge in [0, 0.05) is 35.6 Å². The van der Waals surface area contributed by atoms with Gasteiger partial charge in [-0.1, -0.05) is 6.07 Å². The summed E-state index contributed by atoms with van der Waals surface area (Å²) >= 11 is 0. The predicted octanol–water partition coefficient (Wildman–Crippen LogP) is 4.73. The predicted molar refractivity (Wildman–Crippen MR) is 125 cm³/mol. The Morgan fingerprint density at radius 3 is 2.28 bits per heavy atom. The van der Waals surface area contributed by atoms with Gasteiger partial charge in [0.15, 0.2) is 17.1 Å². The maximum absolute atomic E-state index is 11.2. The number of aromatic nitrogens is 3. The number of methoxy groups -OCH3 is 2. The Balaban J connectivity index is 1.76. The molecule has 0 saturated heterocycles. The van der Waals surface area contributed by atoms with Gasteiger partial charge in [-0.3, -0.25) is 4.79 Å². The van der Waals surface area contributed by atoms with E-state index in [0.717, 1.165) is 45.4 Å². The van der Waals surface area contributed by atoms with Gasteiger partial charge in [-0.15, -0.1) is 0 Å². The molecule has 0 bridgehead atoms. The molecule has 0 unspecified atom stereocenters. The Hall–Kier alpha value is -4.07. The first-order valence-electron chi connectivity index (χ1n) is 10.1. The topological polar surface area (TPSA) is 89.8 Å². The van der Waals surface area contributed by atoms with E-state index < -0.39 is 0 Å². The summed E-state index contributed by atoms with van der Waals surface area (Å²) in [6.45, 7) is 5.40. The second-order valence-electron chi connectivity index (χ2n) is 7.43. The summed E-state index contributed by atoms with van der Waals surface area (Å²) in [7, 11) is 3.23. The highest BCUT2D eigenvalue weighted by Crippen LogP contribution is 2.36. The Morgan fingerprint density at radius 2 is 1.62 bits per heavy atom. The molecule has 0 aliphatic heterocycles. The van der Waals surface area contributed by atoms with Crippen LogP contribution in [0.25, 0.3) is 16.8 Å². The van der Waals surface area contributed by atoms with Gasteiger partial charge in [0.2, 0.25) is 5.91 Å². The average Bonchev–Trinajstić information content (AvgIpc) is 3.10. The first-order valence-corrected chi connectivity index (χ1v) is 10.1. The van der Waals surface area contributed by atoms with Gasteiger partial charge in [-0.25, -0.2) is 4.98 Å². The maximum Gasteiger partial charge on any atom is 0.221 e. The van der Waals surface area contributed by atoms with Gasteiger partial charge in [-0.05, 0) is 55.8 Å². The van der Waals surface area contributed by atoms with Crippen molar-refractivity contribution in [3.05, 3.63) is 59.9 Å². The number of anilines is 3. The Kier molecular flexibility index (Phi) is 5.68. The molecule has 0 radical (unpaired) electrons. The molecule has 0 aliphatic carbocycles. The highest BCUT2D eigenvalue weighted by molar-refractivity contribution is 5.89. The van der Waals surface area contributed by atoms with Crippen LogP contribution in [0.5, 0.6) is 11.5 Å². The van der Waals surface area contributed by atoms with Crippen LogP contribution in [0.2, 0.25) is 0 Å². The Bertz CT molecular complexity index is 1300. The van der Waals surface area contributed by atoms with Crippen LogP contribution in [0.3, 0.4) is 0 Å². The molecule has 2 aromatic heterocycles. The number of amides is 1. The van der Waals surface area contributed by atoms with Crippen LogP contribution in [0.1, 0.15) is 18.3 Å². The molecule has 4 rings (SSSR count). The van der Waals surface area contributed by atoms with Gasteiger partial charge < -0.3 is 20.1 Å². The molecule has 8 nitrogen and oxygen atoms in total. The number of fused-ring (bicyclic) bond motifs is 1. The van der Waals surface area contributed by atoms with E-state index in [9.17, 15) is 4.79 Å². The molecule has 8 heteroatoms. The lowest BCUT2D eigenvalue weighted by Crippen LogP contribution is -2.06. The van der Waals surface area contributed by atoms with E-state index in [1.807, 2.05) is 62.4 Å². The third kappa shape index (κ3) is 4.07. The van der Waals surface area contributed by atoms with E-state index in [2.05, 4.69) is 10.6 Å². The number of nitrogens with one attached hydrogen (secondary N) is 2. The molecule has 0 saturated carbocycles. The lowest BCUT2D eigenvalue weighted by atomic mass is 10.1. The van der Waals surface area contributed by atoms with Crippen molar-refractivity contribution in [3.63, 3.8) is 0 Å². The van der Waals surface area contributed by atoms with Crippen LogP contribution >= 0.6 is 0 Å². The highest BCUT2D eigenvalue weighted by Gasteiger charge is 2.18. The van der Waals surface area contributed by atoms with Gasteiger partial charge in [0.25, 0.3) is 0 Å². The van der Waals surface area contributed by atoms with Crippen LogP contribution < -0.4 is 20.1 Å². The highest BCUT2D eigenvalue weighted by atomic mass is 16.5. The standard InChI is InChI=1S/C24H25N5O3/c1-14-12-22(27-19-9-7-18(8-10-19)26-16(3)30)29-24(25-14)23(15(2)28-29)17-6-11-20(31-4)21(13-17)32-5/h6-13,27H,1-5H3,(H,26,30). The summed E-state index contributed by atoms with van der Waals surface area (Å²) < 4.78 is 12.6. The smallest absolute Gasteiger partial charge is 0.221 e. The minimum Gasteiger partial charge on any atom is -0.493 e. The second kappa shape index (κ2) is 8.58. The molecule has 2 heterocycles. The quantitative estimate of drug-likeness (QED) is 0.459. The molecule has 1 amide bonds. The van der Waals surface area contributed by atoms with E-state index in [0.29, 0.717) is 11.5 Å². The Labute approximate surface area is 186 Å². The molecular weight excluding hydrogens is 406 g/mol. The summed E-state index contributed by atoms with van der Waals surface area (Å²) in [6.07, 6.45) is 0. The zero-order valence-corrected chi connectivity index (χ0v) is 18.7. The zero-order chi connectivity index (χ0) is 22.8. The first-order chi connectivity index (χ1) is 15.4. The van der Waals surface area contributed by atoms with E-state index >= 15 is 0 Å². The molecule has 0 aliphatic rings. The van der Waals surface area contributed by atoms with Crippen LogP contribution in [0.4, 0.5) is 17.2 Å². The molecule has 4 aromatic rings. The van der Waals surface area contributed by atoms with Crippen molar-refractivity contribution in [2.75, 3.05) is 24.9 Å². The van der Waals surface area contributed by atoms with E-state index in [1.165, 1.54) is 6.92 Å². The molecule has 0 spiro atoms. The summed E-state index contributed by atoms with van der Waals surface area (Å²) in [5, 5.41) is 10.9. The van der Waals surface area contributed by atoms with Crippen molar-refractivity contribution in [2.45, 2.75) is 20.8 Å². The number of hydrogen-bond acceptors (Lipinski definition) is 6. The number of benzene rings is 2. The van der Waals surface area contributed by atoms with Crippen molar-refractivity contribution >= 4 is 28.7 Å². The van der Waals surface area contributed by atoms with Crippen molar-refractivity contribution in [1.82, 2.24) is 14.6 Å². The minimum atomic E-state index is -0.105. The number of rotatable bonds is 6. The van der Waals surface area contributed by atoms with E-state index in [-0.39, 0.29) is 5.91 Å². The lowest BCUT2D eigenvalue weighted by Gasteiger charge is -2.11. The van der Waals surface area contributed by atoms with Gasteiger partial charge in [0.1, 0.15) is 5.82 Å². The van der Waals surface area contributed by atoms with E-state index in [1.54, 1.807) is 18.7 Å². The van der Waals surface area contributed by atoms with Crippen molar-refractivity contribution < 1.29 is 14.3 Å². The number of aryl methyl sites for hydroxylation is 2. The summed E-state index contributed by atoms with van der Waals surface area (Å²) in [6, 6.07) is 15.2. The molecule has 2 aromatic carbocycles.